The van der Waals surface area contributed by atoms with Gasteiger partial charge in [-0.1, -0.05) is 6.92 Å². The summed E-state index contributed by atoms with van der Waals surface area (Å²) in [5.74, 6) is -0.273. The molecule has 0 aromatic carbocycles. The molecule has 5 heteroatoms. The van der Waals surface area contributed by atoms with Crippen molar-refractivity contribution in [1.29, 1.82) is 0 Å². The van der Waals surface area contributed by atoms with E-state index in [1.165, 1.54) is 12.0 Å². The summed E-state index contributed by atoms with van der Waals surface area (Å²) in [6.07, 6.45) is 0. The Morgan fingerprint density at radius 3 is 2.71 bits per heavy atom. The molecule has 1 aromatic heterocycles. The van der Waals surface area contributed by atoms with Gasteiger partial charge < -0.3 is 4.74 Å². The Balaban J connectivity index is 2.57. The summed E-state index contributed by atoms with van der Waals surface area (Å²) in [4.78, 5) is 14.9. The van der Waals surface area contributed by atoms with Crippen LogP contribution < -0.4 is 0 Å². The van der Waals surface area contributed by atoms with Crippen LogP contribution in [0.1, 0.15) is 18.7 Å². The van der Waals surface area contributed by atoms with Crippen molar-refractivity contribution in [1.82, 2.24) is 4.90 Å². The van der Waals surface area contributed by atoms with Crippen molar-refractivity contribution < 1.29 is 9.53 Å². The molecular weight excluding hydrogens is 302 g/mol. The lowest BCUT2D eigenvalue weighted by Crippen LogP contribution is -2.37. The molecule has 0 fully saturated rings. The number of esters is 1. The number of thiophene rings is 1. The van der Waals surface area contributed by atoms with Crippen molar-refractivity contribution in [3.63, 3.8) is 0 Å². The number of ether oxygens (including phenoxy) is 1. The van der Waals surface area contributed by atoms with Gasteiger partial charge in [-0.15, -0.1) is 11.3 Å². The fraction of sp³-hybridized carbons (Fsp3) is 0.583. The molecule has 2 atom stereocenters. The van der Waals surface area contributed by atoms with E-state index in [1.807, 2.05) is 20.9 Å². The van der Waals surface area contributed by atoms with Gasteiger partial charge in [0.05, 0.1) is 13.0 Å². The highest BCUT2D eigenvalue weighted by molar-refractivity contribution is 9.10. The molecule has 0 spiro atoms. The fourth-order valence-corrected chi connectivity index (χ4v) is 3.10. The van der Waals surface area contributed by atoms with Crippen LogP contribution in [0, 0.1) is 5.92 Å². The van der Waals surface area contributed by atoms with Crippen LogP contribution in [0.25, 0.3) is 0 Å². The van der Waals surface area contributed by atoms with Gasteiger partial charge in [-0.2, -0.15) is 0 Å². The molecule has 1 aromatic rings. The Kier molecular flexibility index (Phi) is 5.62. The highest BCUT2D eigenvalue weighted by Crippen LogP contribution is 2.22. The maximum absolute atomic E-state index is 11.5. The second-order valence-corrected chi connectivity index (χ2v) is 6.11. The number of nitrogens with zero attached hydrogens (tertiary/aromatic N) is 1. The van der Waals surface area contributed by atoms with Crippen molar-refractivity contribution in [2.24, 2.45) is 5.92 Å². The van der Waals surface area contributed by atoms with Gasteiger partial charge in [0.2, 0.25) is 0 Å². The number of hydrogen-bond donors (Lipinski definition) is 0. The molecule has 1 heterocycles. The normalized spacial score (nSPS) is 14.7. The fourth-order valence-electron chi connectivity index (χ4n) is 1.59. The number of hydrogen-bond acceptors (Lipinski definition) is 4. The minimum atomic E-state index is -0.156. The first kappa shape index (κ1) is 14.7. The summed E-state index contributed by atoms with van der Waals surface area (Å²) in [5, 5.41) is 2.07. The molecule has 1 rings (SSSR count). The third-order valence-corrected chi connectivity index (χ3v) is 4.70. The van der Waals surface area contributed by atoms with Crippen molar-refractivity contribution in [2.75, 3.05) is 14.2 Å². The zero-order valence-electron chi connectivity index (χ0n) is 10.6. The van der Waals surface area contributed by atoms with Crippen molar-refractivity contribution >= 4 is 33.2 Å². The Labute approximate surface area is 115 Å². The zero-order chi connectivity index (χ0) is 13.0. The third kappa shape index (κ3) is 4.08. The van der Waals surface area contributed by atoms with Crippen LogP contribution in [0.2, 0.25) is 0 Å². The summed E-state index contributed by atoms with van der Waals surface area (Å²) >= 11 is 5.16. The molecule has 0 radical (unpaired) electrons. The molecule has 0 aliphatic heterocycles. The lowest BCUT2D eigenvalue weighted by atomic mass is 10.0. The van der Waals surface area contributed by atoms with Crippen LogP contribution in [0.15, 0.2) is 15.9 Å². The van der Waals surface area contributed by atoms with Crippen molar-refractivity contribution in [2.45, 2.75) is 26.4 Å². The van der Waals surface area contributed by atoms with E-state index in [4.69, 9.17) is 4.74 Å². The number of halogens is 1. The van der Waals surface area contributed by atoms with Crippen molar-refractivity contribution in [3.8, 4) is 0 Å². The number of carbonyl (C=O) groups excluding carboxylic acids is 1. The van der Waals surface area contributed by atoms with Gasteiger partial charge in [-0.25, -0.2) is 0 Å². The molecule has 0 bridgehead atoms. The maximum Gasteiger partial charge on any atom is 0.309 e. The molecule has 3 nitrogen and oxygen atoms in total. The van der Waals surface area contributed by atoms with Gasteiger partial charge in [0.25, 0.3) is 0 Å². The minimum Gasteiger partial charge on any atom is -0.469 e. The van der Waals surface area contributed by atoms with Crippen LogP contribution in [0.4, 0.5) is 0 Å². The third-order valence-electron chi connectivity index (χ3n) is 3.02. The van der Waals surface area contributed by atoms with Crippen LogP contribution in [0.3, 0.4) is 0 Å². The topological polar surface area (TPSA) is 29.5 Å². The molecule has 2 unspecified atom stereocenters. The molecule has 0 saturated carbocycles. The summed E-state index contributed by atoms with van der Waals surface area (Å²) in [5.41, 5.74) is 0. The van der Waals surface area contributed by atoms with E-state index in [9.17, 15) is 4.79 Å². The Bertz CT molecular complexity index is 380. The van der Waals surface area contributed by atoms with E-state index >= 15 is 0 Å². The van der Waals surface area contributed by atoms with E-state index in [0.717, 1.165) is 11.0 Å². The highest BCUT2D eigenvalue weighted by Gasteiger charge is 2.24. The Hall–Kier alpha value is -0.390. The quantitative estimate of drug-likeness (QED) is 0.781. The molecule has 0 amide bonds. The molecule has 0 aliphatic carbocycles. The van der Waals surface area contributed by atoms with Gasteiger partial charge in [-0.05, 0) is 36.0 Å². The Morgan fingerprint density at radius 2 is 2.24 bits per heavy atom. The average Bonchev–Trinajstić information content (AvgIpc) is 2.71. The second-order valence-electron chi connectivity index (χ2n) is 4.20. The van der Waals surface area contributed by atoms with Gasteiger partial charge in [0.15, 0.2) is 0 Å². The predicted molar refractivity (Wildman–Crippen MR) is 74.1 cm³/mol. The molecule has 0 saturated heterocycles. The lowest BCUT2D eigenvalue weighted by Gasteiger charge is -2.27. The average molecular weight is 320 g/mol. The molecule has 0 aliphatic rings. The molecule has 96 valence electrons. The van der Waals surface area contributed by atoms with Crippen LogP contribution in [-0.4, -0.2) is 31.1 Å². The molecular formula is C12H18BrNO2S. The van der Waals surface area contributed by atoms with Crippen LogP contribution in [0.5, 0.6) is 0 Å². The van der Waals surface area contributed by atoms with Crippen LogP contribution in [-0.2, 0) is 16.1 Å². The van der Waals surface area contributed by atoms with E-state index < -0.39 is 0 Å². The van der Waals surface area contributed by atoms with Crippen molar-refractivity contribution in [3.05, 3.63) is 20.8 Å². The summed E-state index contributed by atoms with van der Waals surface area (Å²) in [6.45, 7) is 4.79. The first-order chi connectivity index (χ1) is 7.95. The second kappa shape index (κ2) is 6.52. The standard InChI is InChI=1S/C12H18BrNO2S/c1-8(12(15)16-4)9(2)14(3)6-11-5-10(13)7-17-11/h5,7-9H,6H2,1-4H3. The minimum absolute atomic E-state index is 0.117. The largest absolute Gasteiger partial charge is 0.469 e. The predicted octanol–water partition coefficient (Wildman–Crippen LogP) is 3.14. The number of methoxy groups -OCH3 is 1. The van der Waals surface area contributed by atoms with E-state index in [2.05, 4.69) is 32.3 Å². The summed E-state index contributed by atoms with van der Waals surface area (Å²) in [6, 6.07) is 2.26. The van der Waals surface area contributed by atoms with E-state index in [0.29, 0.717) is 0 Å². The molecule has 0 N–H and O–H groups in total. The van der Waals surface area contributed by atoms with E-state index in [1.54, 1.807) is 11.3 Å². The monoisotopic (exact) mass is 319 g/mol. The van der Waals surface area contributed by atoms with Gasteiger partial charge >= 0.3 is 5.97 Å². The SMILES string of the molecule is COC(=O)C(C)C(C)N(C)Cc1cc(Br)cs1. The smallest absolute Gasteiger partial charge is 0.309 e. The summed E-state index contributed by atoms with van der Waals surface area (Å²) < 4.78 is 5.88. The van der Waals surface area contributed by atoms with Gasteiger partial charge in [0, 0.05) is 27.3 Å². The Morgan fingerprint density at radius 1 is 1.59 bits per heavy atom. The van der Waals surface area contributed by atoms with Gasteiger partial charge in [-0.3, -0.25) is 9.69 Å². The number of rotatable bonds is 5. The first-order valence-electron chi connectivity index (χ1n) is 5.46. The first-order valence-corrected chi connectivity index (χ1v) is 7.14. The maximum atomic E-state index is 11.5. The van der Waals surface area contributed by atoms with Gasteiger partial charge in [0.1, 0.15) is 0 Å². The van der Waals surface area contributed by atoms with Crippen LogP contribution >= 0.6 is 27.3 Å². The lowest BCUT2D eigenvalue weighted by molar-refractivity contribution is -0.146. The van der Waals surface area contributed by atoms with E-state index in [-0.39, 0.29) is 17.9 Å². The highest BCUT2D eigenvalue weighted by atomic mass is 79.9. The summed E-state index contributed by atoms with van der Waals surface area (Å²) in [7, 11) is 3.46. The zero-order valence-corrected chi connectivity index (χ0v) is 13.0. The molecule has 17 heavy (non-hydrogen) atoms. The number of carbonyl (C=O) groups is 1.